The summed E-state index contributed by atoms with van der Waals surface area (Å²) >= 11 is 1.32. The third-order valence-electron chi connectivity index (χ3n) is 5.41. The highest BCUT2D eigenvalue weighted by Crippen LogP contribution is 2.35. The third kappa shape index (κ3) is 3.95. The molecule has 1 saturated carbocycles. The molecule has 0 bridgehead atoms. The van der Waals surface area contributed by atoms with Gasteiger partial charge in [0.25, 0.3) is 5.91 Å². The van der Waals surface area contributed by atoms with Crippen LogP contribution in [-0.4, -0.2) is 52.7 Å². The van der Waals surface area contributed by atoms with Crippen LogP contribution in [0.15, 0.2) is 30.3 Å². The number of methoxy groups -OCH3 is 1. The largest absolute Gasteiger partial charge is 0.497 e. The average Bonchev–Trinajstić information content (AvgIpc) is 3.39. The predicted octanol–water partition coefficient (Wildman–Crippen LogP) is 2.64. The molecule has 1 aliphatic carbocycles. The Morgan fingerprint density at radius 3 is 2.94 bits per heavy atom. The summed E-state index contributed by atoms with van der Waals surface area (Å²) in [6.45, 7) is 0.763. The van der Waals surface area contributed by atoms with Crippen molar-refractivity contribution in [2.75, 3.05) is 19.0 Å². The standard InChI is InChI=1S/C20H21N5O4S2/c1-29-13-4-2-3-12(9-13)16-10-17(24-23-16)19(26)22-20-21-15-7-8-25(11-18(15)30-20)31(27,28)14-5-6-14/h2-4,9-10,14H,5-8,11H2,1H3,(H,23,24)(H,21,22,26). The van der Waals surface area contributed by atoms with Crippen LogP contribution in [0.4, 0.5) is 5.13 Å². The van der Waals surface area contributed by atoms with Gasteiger partial charge in [-0.2, -0.15) is 9.40 Å². The minimum atomic E-state index is -3.21. The number of hydrogen-bond donors (Lipinski definition) is 2. The van der Waals surface area contributed by atoms with E-state index >= 15 is 0 Å². The van der Waals surface area contributed by atoms with Gasteiger partial charge in [-0.25, -0.2) is 13.4 Å². The van der Waals surface area contributed by atoms with Crippen LogP contribution in [0.1, 0.15) is 33.9 Å². The number of nitrogens with one attached hydrogen (secondary N) is 2. The van der Waals surface area contributed by atoms with Crippen LogP contribution >= 0.6 is 11.3 Å². The number of hydrogen-bond acceptors (Lipinski definition) is 7. The first kappa shape index (κ1) is 20.2. The first-order valence-corrected chi connectivity index (χ1v) is 12.2. The van der Waals surface area contributed by atoms with E-state index in [9.17, 15) is 13.2 Å². The molecule has 2 aromatic heterocycles. The van der Waals surface area contributed by atoms with Crippen LogP contribution in [0.2, 0.25) is 0 Å². The van der Waals surface area contributed by atoms with Gasteiger partial charge in [0, 0.05) is 30.0 Å². The number of aromatic amines is 1. The van der Waals surface area contributed by atoms with E-state index in [0.717, 1.165) is 29.0 Å². The summed E-state index contributed by atoms with van der Waals surface area (Å²) in [4.78, 5) is 18.0. The average molecular weight is 460 g/mol. The summed E-state index contributed by atoms with van der Waals surface area (Å²) in [5.41, 5.74) is 2.62. The number of nitrogens with zero attached hydrogens (tertiary/aromatic N) is 3. The summed E-state index contributed by atoms with van der Waals surface area (Å²) < 4.78 is 31.8. The minimum Gasteiger partial charge on any atom is -0.497 e. The molecule has 11 heteroatoms. The van der Waals surface area contributed by atoms with Crippen LogP contribution < -0.4 is 10.1 Å². The van der Waals surface area contributed by atoms with Crippen LogP contribution in [0, 0.1) is 0 Å². The van der Waals surface area contributed by atoms with Gasteiger partial charge in [0.2, 0.25) is 10.0 Å². The predicted molar refractivity (Wildman–Crippen MR) is 117 cm³/mol. The highest BCUT2D eigenvalue weighted by molar-refractivity contribution is 7.90. The van der Waals surface area contributed by atoms with Crippen molar-refractivity contribution in [3.8, 4) is 17.0 Å². The first-order valence-electron chi connectivity index (χ1n) is 9.93. The van der Waals surface area contributed by atoms with Gasteiger partial charge in [0.05, 0.1) is 23.7 Å². The Morgan fingerprint density at radius 1 is 1.32 bits per heavy atom. The SMILES string of the molecule is COc1cccc(-c2cc(C(=O)Nc3nc4c(s3)CN(S(=O)(=O)C3CC3)CC4)[nH]n2)c1. The number of carbonyl (C=O) groups excluding carboxylic acids is 1. The lowest BCUT2D eigenvalue weighted by Gasteiger charge is -2.25. The summed E-state index contributed by atoms with van der Waals surface area (Å²) in [6, 6.07) is 9.09. The highest BCUT2D eigenvalue weighted by atomic mass is 32.2. The fraction of sp³-hybridized carbons (Fsp3) is 0.350. The molecule has 0 atom stereocenters. The molecule has 3 heterocycles. The molecule has 0 radical (unpaired) electrons. The fourth-order valence-corrected chi connectivity index (χ4v) is 6.46. The lowest BCUT2D eigenvalue weighted by atomic mass is 10.1. The van der Waals surface area contributed by atoms with Crippen molar-refractivity contribution in [1.29, 1.82) is 0 Å². The number of ether oxygens (including phenoxy) is 1. The molecule has 9 nitrogen and oxygen atoms in total. The summed E-state index contributed by atoms with van der Waals surface area (Å²) in [5, 5.41) is 10.0. The summed E-state index contributed by atoms with van der Waals surface area (Å²) in [6.07, 6.45) is 2.05. The molecule has 1 amide bonds. The van der Waals surface area contributed by atoms with Crippen LogP contribution in [0.5, 0.6) is 5.75 Å². The lowest BCUT2D eigenvalue weighted by molar-refractivity contribution is 0.102. The normalized spacial score (nSPS) is 16.7. The maximum absolute atomic E-state index is 12.7. The molecule has 1 aliphatic heterocycles. The second-order valence-corrected chi connectivity index (χ2v) is 10.9. The molecule has 0 saturated heterocycles. The number of benzene rings is 1. The summed E-state index contributed by atoms with van der Waals surface area (Å²) in [7, 11) is -1.62. The molecule has 0 spiro atoms. The van der Waals surface area contributed by atoms with Crippen molar-refractivity contribution < 1.29 is 17.9 Å². The smallest absolute Gasteiger partial charge is 0.275 e. The Morgan fingerprint density at radius 2 is 2.16 bits per heavy atom. The second kappa shape index (κ2) is 7.74. The number of carbonyl (C=O) groups is 1. The zero-order valence-corrected chi connectivity index (χ0v) is 18.4. The Hall–Kier alpha value is -2.76. The molecular formula is C20H21N5O4S2. The maximum atomic E-state index is 12.7. The van der Waals surface area contributed by atoms with E-state index in [1.54, 1.807) is 17.5 Å². The first-order chi connectivity index (χ1) is 14.9. The zero-order valence-electron chi connectivity index (χ0n) is 16.8. The number of fused-ring (bicyclic) bond motifs is 1. The molecule has 162 valence electrons. The maximum Gasteiger partial charge on any atom is 0.275 e. The van der Waals surface area contributed by atoms with E-state index in [-0.39, 0.29) is 11.2 Å². The van der Waals surface area contributed by atoms with Gasteiger partial charge >= 0.3 is 0 Å². The molecular weight excluding hydrogens is 438 g/mol. The number of anilines is 1. The van der Waals surface area contributed by atoms with E-state index in [1.807, 2.05) is 24.3 Å². The molecule has 2 aliphatic rings. The molecule has 1 fully saturated rings. The van der Waals surface area contributed by atoms with Gasteiger partial charge in [-0.05, 0) is 31.0 Å². The zero-order chi connectivity index (χ0) is 21.6. The highest BCUT2D eigenvalue weighted by Gasteiger charge is 2.41. The number of amides is 1. The molecule has 1 aromatic carbocycles. The van der Waals surface area contributed by atoms with Crippen molar-refractivity contribution in [3.05, 3.63) is 46.6 Å². The Bertz CT molecular complexity index is 1250. The van der Waals surface area contributed by atoms with Crippen molar-refractivity contribution in [2.45, 2.75) is 31.1 Å². The number of aromatic nitrogens is 3. The Kier molecular flexibility index (Phi) is 5.03. The monoisotopic (exact) mass is 459 g/mol. The molecule has 3 aromatic rings. The fourth-order valence-electron chi connectivity index (χ4n) is 3.55. The van der Waals surface area contributed by atoms with Gasteiger partial charge in [0.15, 0.2) is 5.13 Å². The number of rotatable bonds is 6. The quantitative estimate of drug-likeness (QED) is 0.585. The molecule has 2 N–H and O–H groups in total. The van der Waals surface area contributed by atoms with E-state index < -0.39 is 10.0 Å². The van der Waals surface area contributed by atoms with Crippen molar-refractivity contribution in [2.24, 2.45) is 0 Å². The van der Waals surface area contributed by atoms with Crippen LogP contribution in [0.25, 0.3) is 11.3 Å². The van der Waals surface area contributed by atoms with Gasteiger partial charge < -0.3 is 4.74 Å². The van der Waals surface area contributed by atoms with E-state index in [4.69, 9.17) is 4.74 Å². The van der Waals surface area contributed by atoms with E-state index in [1.165, 1.54) is 11.3 Å². The van der Waals surface area contributed by atoms with Gasteiger partial charge in [-0.3, -0.25) is 15.2 Å². The topological polar surface area (TPSA) is 117 Å². The van der Waals surface area contributed by atoms with Crippen LogP contribution in [0.3, 0.4) is 0 Å². The molecule has 31 heavy (non-hydrogen) atoms. The third-order valence-corrected chi connectivity index (χ3v) is 8.75. The van der Waals surface area contributed by atoms with Crippen molar-refractivity contribution in [3.63, 3.8) is 0 Å². The Balaban J connectivity index is 1.29. The van der Waals surface area contributed by atoms with Crippen molar-refractivity contribution >= 4 is 32.4 Å². The number of H-pyrrole nitrogens is 1. The molecule has 0 unspecified atom stereocenters. The van der Waals surface area contributed by atoms with E-state index in [2.05, 4.69) is 20.5 Å². The number of thiazole rings is 1. The Labute approximate surface area is 183 Å². The minimum absolute atomic E-state index is 0.222. The van der Waals surface area contributed by atoms with Gasteiger partial charge in [0.1, 0.15) is 11.4 Å². The lowest BCUT2D eigenvalue weighted by Crippen LogP contribution is -2.37. The van der Waals surface area contributed by atoms with Gasteiger partial charge in [-0.1, -0.05) is 12.1 Å². The second-order valence-electron chi connectivity index (χ2n) is 7.57. The van der Waals surface area contributed by atoms with Crippen LogP contribution in [-0.2, 0) is 23.0 Å². The van der Waals surface area contributed by atoms with Crippen molar-refractivity contribution in [1.82, 2.24) is 19.5 Å². The van der Waals surface area contributed by atoms with Gasteiger partial charge in [-0.15, -0.1) is 11.3 Å². The van der Waals surface area contributed by atoms with E-state index in [0.29, 0.717) is 41.8 Å². The summed E-state index contributed by atoms with van der Waals surface area (Å²) in [5.74, 6) is 0.354. The molecule has 5 rings (SSSR count). The number of sulfonamides is 1.